The van der Waals surface area contributed by atoms with Gasteiger partial charge in [0, 0.05) is 11.1 Å². The lowest BCUT2D eigenvalue weighted by atomic mass is 10.1. The smallest absolute Gasteiger partial charge is 0.341 e. The fourth-order valence-corrected chi connectivity index (χ4v) is 2.96. The van der Waals surface area contributed by atoms with Crippen molar-refractivity contribution in [2.24, 2.45) is 0 Å². The molecule has 0 aliphatic rings. The van der Waals surface area contributed by atoms with Crippen molar-refractivity contribution in [3.05, 3.63) is 58.6 Å². The van der Waals surface area contributed by atoms with E-state index in [0.29, 0.717) is 16.3 Å². The molecule has 0 fully saturated rings. The number of carbonyl (C=O) groups is 2. The Balaban J connectivity index is 2.39. The monoisotopic (exact) mass is 392 g/mol. The van der Waals surface area contributed by atoms with E-state index in [-0.39, 0.29) is 17.1 Å². The van der Waals surface area contributed by atoms with E-state index in [1.54, 1.807) is 30.3 Å². The van der Waals surface area contributed by atoms with Gasteiger partial charge in [-0.3, -0.25) is 4.79 Å². The van der Waals surface area contributed by atoms with Crippen molar-refractivity contribution >= 4 is 41.2 Å². The van der Waals surface area contributed by atoms with Crippen molar-refractivity contribution in [1.29, 1.82) is 0 Å². The van der Waals surface area contributed by atoms with Gasteiger partial charge in [-0.25, -0.2) is 4.79 Å². The molecule has 2 aromatic rings. The van der Waals surface area contributed by atoms with Crippen LogP contribution in [0, 0.1) is 0 Å². The Labute approximate surface area is 160 Å². The Morgan fingerprint density at radius 2 is 1.96 bits per heavy atom. The number of thioether (sulfide) groups is 1. The summed E-state index contributed by atoms with van der Waals surface area (Å²) in [6.45, 7) is -0.559. The second-order valence-electron chi connectivity index (χ2n) is 5.10. The van der Waals surface area contributed by atoms with Crippen LogP contribution in [0.1, 0.15) is 15.9 Å². The number of rotatable bonds is 8. The fraction of sp³-hybridized carbons (Fsp3) is 0.158. The lowest BCUT2D eigenvalue weighted by Gasteiger charge is -2.13. The molecule has 1 N–H and O–H groups in total. The number of carboxylic acids is 1. The lowest BCUT2D eigenvalue weighted by molar-refractivity contribution is -0.139. The molecule has 0 aliphatic carbocycles. The number of carbonyl (C=O) groups excluding carboxylic acids is 1. The van der Waals surface area contributed by atoms with Crippen LogP contribution >= 0.6 is 23.4 Å². The third kappa shape index (κ3) is 5.03. The fourth-order valence-electron chi connectivity index (χ4n) is 2.18. The Bertz CT molecular complexity index is 848. The minimum atomic E-state index is -1.14. The van der Waals surface area contributed by atoms with Gasteiger partial charge in [-0.2, -0.15) is 0 Å². The van der Waals surface area contributed by atoms with E-state index in [1.165, 1.54) is 31.0 Å². The van der Waals surface area contributed by atoms with Gasteiger partial charge >= 0.3 is 5.97 Å². The summed E-state index contributed by atoms with van der Waals surface area (Å²) < 4.78 is 10.5. The first-order valence-electron chi connectivity index (χ1n) is 7.53. The largest absolute Gasteiger partial charge is 0.495 e. The Kier molecular flexibility index (Phi) is 7.12. The zero-order chi connectivity index (χ0) is 19.1. The summed E-state index contributed by atoms with van der Waals surface area (Å²) in [5.74, 6) is -0.813. The molecular weight excluding hydrogens is 376 g/mol. The van der Waals surface area contributed by atoms with Gasteiger partial charge in [0.1, 0.15) is 11.5 Å². The molecule has 0 aliphatic heterocycles. The van der Waals surface area contributed by atoms with Gasteiger partial charge in [0.25, 0.3) is 0 Å². The number of halogens is 1. The highest BCUT2D eigenvalue weighted by Gasteiger charge is 2.17. The third-order valence-electron chi connectivity index (χ3n) is 3.42. The molecule has 26 heavy (non-hydrogen) atoms. The minimum Gasteiger partial charge on any atom is -0.495 e. The molecule has 7 heteroatoms. The maximum Gasteiger partial charge on any atom is 0.341 e. The molecule has 2 aromatic carbocycles. The summed E-state index contributed by atoms with van der Waals surface area (Å²) in [4.78, 5) is 24.2. The van der Waals surface area contributed by atoms with Gasteiger partial charge in [0.05, 0.1) is 17.6 Å². The van der Waals surface area contributed by atoms with Gasteiger partial charge in [0.2, 0.25) is 0 Å². The average molecular weight is 393 g/mol. The van der Waals surface area contributed by atoms with Crippen LogP contribution in [0.2, 0.25) is 5.02 Å². The number of benzene rings is 2. The number of methoxy groups -OCH3 is 1. The molecule has 0 heterocycles. The molecule has 0 bridgehead atoms. The van der Waals surface area contributed by atoms with Crippen LogP contribution in [-0.2, 0) is 4.79 Å². The van der Waals surface area contributed by atoms with Crippen LogP contribution in [0.3, 0.4) is 0 Å². The maximum atomic E-state index is 12.7. The maximum absolute atomic E-state index is 12.7. The molecule has 0 atom stereocenters. The van der Waals surface area contributed by atoms with Gasteiger partial charge in [0.15, 0.2) is 12.4 Å². The van der Waals surface area contributed by atoms with Crippen molar-refractivity contribution in [2.75, 3.05) is 20.0 Å². The first-order chi connectivity index (χ1) is 12.5. The van der Waals surface area contributed by atoms with E-state index in [4.69, 9.17) is 26.2 Å². The summed E-state index contributed by atoms with van der Waals surface area (Å²) in [7, 11) is 1.49. The summed E-state index contributed by atoms with van der Waals surface area (Å²) in [5.41, 5.74) is 0.953. The zero-order valence-electron chi connectivity index (χ0n) is 14.2. The quantitative estimate of drug-likeness (QED) is 0.407. The number of hydrogen-bond acceptors (Lipinski definition) is 5. The van der Waals surface area contributed by atoms with Crippen molar-refractivity contribution in [3.8, 4) is 11.5 Å². The number of ether oxygens (including phenoxy) is 2. The molecule has 136 valence electrons. The summed E-state index contributed by atoms with van der Waals surface area (Å²) in [6, 6.07) is 10.3. The molecule has 2 rings (SSSR count). The van der Waals surface area contributed by atoms with Crippen LogP contribution in [-0.4, -0.2) is 36.8 Å². The van der Waals surface area contributed by atoms with Crippen LogP contribution in [0.5, 0.6) is 11.5 Å². The normalized spacial score (nSPS) is 10.7. The average Bonchev–Trinajstić information content (AvgIpc) is 2.64. The number of aliphatic carboxylic acids is 1. The first kappa shape index (κ1) is 19.9. The highest BCUT2D eigenvalue weighted by atomic mass is 35.5. The lowest BCUT2D eigenvalue weighted by Crippen LogP contribution is -2.12. The van der Waals surface area contributed by atoms with Gasteiger partial charge < -0.3 is 14.6 Å². The molecule has 5 nitrogen and oxygen atoms in total. The standard InChI is InChI=1S/C19H17ClO5S/c1-24-17-10-16(25-11-19(22)23)13(9-18(17)26-2)15(21)8-7-12-5-3-4-6-14(12)20/h3-10H,11H2,1-2H3,(H,22,23). The second-order valence-corrected chi connectivity index (χ2v) is 6.36. The highest BCUT2D eigenvalue weighted by Crippen LogP contribution is 2.35. The van der Waals surface area contributed by atoms with Crippen LogP contribution in [0.25, 0.3) is 6.08 Å². The number of allylic oxidation sites excluding steroid dienone is 1. The van der Waals surface area contributed by atoms with E-state index in [0.717, 1.165) is 4.90 Å². The van der Waals surface area contributed by atoms with Crippen molar-refractivity contribution in [2.45, 2.75) is 4.90 Å². The Hall–Kier alpha value is -2.44. The Morgan fingerprint density at radius 1 is 1.23 bits per heavy atom. The Morgan fingerprint density at radius 3 is 2.58 bits per heavy atom. The summed E-state index contributed by atoms with van der Waals surface area (Å²) in [6.07, 6.45) is 4.83. The van der Waals surface area contributed by atoms with Crippen molar-refractivity contribution in [1.82, 2.24) is 0 Å². The van der Waals surface area contributed by atoms with Gasteiger partial charge in [-0.15, -0.1) is 11.8 Å². The number of hydrogen-bond donors (Lipinski definition) is 1. The molecule has 0 radical (unpaired) electrons. The molecule has 0 aromatic heterocycles. The number of ketones is 1. The van der Waals surface area contributed by atoms with E-state index >= 15 is 0 Å². The van der Waals surface area contributed by atoms with Crippen molar-refractivity contribution < 1.29 is 24.2 Å². The van der Waals surface area contributed by atoms with Crippen molar-refractivity contribution in [3.63, 3.8) is 0 Å². The number of carboxylic acid groups (broad SMARTS) is 1. The van der Waals surface area contributed by atoms with Crippen LogP contribution in [0.4, 0.5) is 0 Å². The molecule has 0 amide bonds. The molecule has 0 saturated carbocycles. The first-order valence-corrected chi connectivity index (χ1v) is 9.14. The molecule has 0 spiro atoms. The third-order valence-corrected chi connectivity index (χ3v) is 4.52. The second kappa shape index (κ2) is 9.31. The molecular formula is C19H17ClO5S. The van der Waals surface area contributed by atoms with Crippen LogP contribution < -0.4 is 9.47 Å². The topological polar surface area (TPSA) is 72.8 Å². The minimum absolute atomic E-state index is 0.149. The van der Waals surface area contributed by atoms with E-state index < -0.39 is 12.6 Å². The van der Waals surface area contributed by atoms with E-state index in [9.17, 15) is 9.59 Å². The SMILES string of the molecule is COc1cc(OCC(=O)O)c(C(=O)C=Cc2ccccc2Cl)cc1SC. The molecule has 0 unspecified atom stereocenters. The highest BCUT2D eigenvalue weighted by molar-refractivity contribution is 7.98. The molecule has 0 saturated heterocycles. The van der Waals surface area contributed by atoms with E-state index in [1.807, 2.05) is 12.3 Å². The van der Waals surface area contributed by atoms with E-state index in [2.05, 4.69) is 0 Å². The zero-order valence-corrected chi connectivity index (χ0v) is 15.8. The van der Waals surface area contributed by atoms with Gasteiger partial charge in [-0.1, -0.05) is 29.8 Å². The summed E-state index contributed by atoms with van der Waals surface area (Å²) >= 11 is 7.49. The van der Waals surface area contributed by atoms with Gasteiger partial charge in [-0.05, 0) is 36.1 Å². The van der Waals surface area contributed by atoms with Crippen LogP contribution in [0.15, 0.2) is 47.4 Å². The summed E-state index contributed by atoms with van der Waals surface area (Å²) in [5, 5.41) is 9.37. The predicted molar refractivity (Wildman–Crippen MR) is 103 cm³/mol. The predicted octanol–water partition coefficient (Wildman–Crippen LogP) is 4.43.